The Morgan fingerprint density at radius 1 is 0.951 bits per heavy atom. The maximum absolute atomic E-state index is 14.7. The third kappa shape index (κ3) is 12.3. The van der Waals surface area contributed by atoms with Crippen molar-refractivity contribution in [3.8, 4) is 23.3 Å². The van der Waals surface area contributed by atoms with E-state index in [2.05, 4.69) is 137 Å². The van der Waals surface area contributed by atoms with E-state index in [4.69, 9.17) is 29.5 Å². The summed E-state index contributed by atoms with van der Waals surface area (Å²) in [4.78, 5) is 88.7. The van der Waals surface area contributed by atoms with E-state index < -0.39 is 48.0 Å². The van der Waals surface area contributed by atoms with E-state index in [1.165, 1.54) is 10.8 Å². The Kier molecular flexibility index (Phi) is 16.3. The number of H-pyrrole nitrogens is 1. The molecule has 5 aromatic rings. The van der Waals surface area contributed by atoms with E-state index in [1.54, 1.807) is 11.9 Å². The number of benzene rings is 3. The summed E-state index contributed by atoms with van der Waals surface area (Å²) in [6, 6.07) is 16.4. The highest BCUT2D eigenvalue weighted by atomic mass is 31.3. The van der Waals surface area contributed by atoms with Crippen LogP contribution < -0.4 is 41.4 Å². The average Bonchev–Trinajstić information content (AvgIpc) is 4.05. The fourth-order valence-electron chi connectivity index (χ4n) is 11.5. The van der Waals surface area contributed by atoms with Crippen molar-refractivity contribution >= 4 is 74.7 Å². The second kappa shape index (κ2) is 22.3. The minimum absolute atomic E-state index is 0.0680. The molecule has 0 aliphatic carbocycles. The lowest BCUT2D eigenvalue weighted by Crippen LogP contribution is -2.49. The molecule has 2 unspecified atom stereocenters. The van der Waals surface area contributed by atoms with Gasteiger partial charge in [0.1, 0.15) is 24.3 Å². The predicted molar refractivity (Wildman–Crippen MR) is 304 cm³/mol. The van der Waals surface area contributed by atoms with Crippen LogP contribution in [-0.2, 0) is 36.4 Å². The Bertz CT molecular complexity index is 3910. The van der Waals surface area contributed by atoms with Gasteiger partial charge in [-0.1, -0.05) is 36.1 Å². The number of rotatable bonds is 17. The maximum Gasteiger partial charge on any atom is 0.490 e. The standard InChI is InChI=1S/C55H65N8O15P3/c1-10-62-42-26-44-40(24-38(42)32(3)28-54(62,5)6)49(41-25-39-33(4)29-55(7,8)63(11-2)43(39)27-45(41)76-44)36-17-12-13-18-37(36)52(66)60(9)23-15-19-46(64)57-22-14-16-34-30-61(50-48(34)51(65)59-53(56)58-50)47-21-20-35(75-47)31-74-80(70,71)78-81(72,73)77-79(67,68)69/h12-13,17-18,24-30,35,47H,10-11,15,19-23,31H2,1-9H3,(H7-,56,57,58,59,64,65,67,68,69,70,71,72,73)/p+1/t35-,47+/m0/s1. The van der Waals surface area contributed by atoms with Crippen LogP contribution >= 0.6 is 23.5 Å². The number of phosphoric ester groups is 1. The topological polar surface area (TPSA) is 311 Å². The molecule has 0 saturated carbocycles. The molecule has 4 atom stereocenters. The van der Waals surface area contributed by atoms with Crippen LogP contribution in [0.1, 0.15) is 125 Å². The number of nitrogens with two attached hydrogens (primary N) is 1. The number of allylic oxidation sites excluding steroid dienone is 2. The normalized spacial score (nSPS) is 19.3. The van der Waals surface area contributed by atoms with Crippen molar-refractivity contribution in [1.82, 2.24) is 29.3 Å². The Labute approximate surface area is 467 Å². The second-order valence-electron chi connectivity index (χ2n) is 21.4. The van der Waals surface area contributed by atoms with Crippen molar-refractivity contribution in [1.29, 1.82) is 0 Å². The smallest absolute Gasteiger partial charge is 0.456 e. The van der Waals surface area contributed by atoms with Gasteiger partial charge in [-0.3, -0.25) is 23.9 Å². The number of nitrogen functional groups attached to an aromatic ring is 1. The van der Waals surface area contributed by atoms with Gasteiger partial charge in [-0.25, -0.2) is 18.3 Å². The van der Waals surface area contributed by atoms with Crippen LogP contribution in [0.2, 0.25) is 0 Å². The number of hydrogen-bond donors (Lipinski definition) is 7. The fraction of sp³-hybridized carbons (Fsp3) is 0.400. The summed E-state index contributed by atoms with van der Waals surface area (Å²) >= 11 is 0. The second-order valence-corrected chi connectivity index (χ2v) is 25.8. The van der Waals surface area contributed by atoms with Gasteiger partial charge in [0.05, 0.1) is 41.8 Å². The first-order valence-electron chi connectivity index (χ1n) is 26.3. The summed E-state index contributed by atoms with van der Waals surface area (Å²) in [6.45, 7) is 18.5. The zero-order chi connectivity index (χ0) is 58.7. The lowest BCUT2D eigenvalue weighted by atomic mass is 9.83. The van der Waals surface area contributed by atoms with Gasteiger partial charge in [-0.15, -0.1) is 0 Å². The summed E-state index contributed by atoms with van der Waals surface area (Å²) in [5.41, 5.74) is 13.7. The monoisotopic (exact) mass is 1170 g/mol. The predicted octanol–water partition coefficient (Wildman–Crippen LogP) is 6.43. The lowest BCUT2D eigenvalue weighted by Gasteiger charge is -2.43. The van der Waals surface area contributed by atoms with Gasteiger partial charge in [-0.2, -0.15) is 13.6 Å². The Morgan fingerprint density at radius 2 is 1.68 bits per heavy atom. The maximum atomic E-state index is 14.7. The molecule has 430 valence electrons. The van der Waals surface area contributed by atoms with E-state index >= 15 is 0 Å². The third-order valence-electron chi connectivity index (χ3n) is 14.8. The van der Waals surface area contributed by atoms with Crippen molar-refractivity contribution in [2.75, 3.05) is 50.5 Å². The number of likely N-dealkylation sites (N-methyl/N-ethyl adjacent to an activating group) is 2. The van der Waals surface area contributed by atoms with Crippen molar-refractivity contribution in [3.63, 3.8) is 0 Å². The molecule has 0 bridgehead atoms. The quantitative estimate of drug-likeness (QED) is 0.0294. The van der Waals surface area contributed by atoms with E-state index in [0.29, 0.717) is 23.5 Å². The van der Waals surface area contributed by atoms with E-state index in [9.17, 15) is 37.9 Å². The van der Waals surface area contributed by atoms with Crippen molar-refractivity contribution in [2.24, 2.45) is 0 Å². The summed E-state index contributed by atoms with van der Waals surface area (Å²) in [6.07, 6.45) is 5.22. The van der Waals surface area contributed by atoms with Crippen LogP contribution in [0.3, 0.4) is 0 Å². The number of carbonyl (C=O) groups is 2. The fourth-order valence-corrected chi connectivity index (χ4v) is 14.6. The number of nitrogens with zero attached hydrogens (tertiary/aromatic N) is 5. The molecule has 0 radical (unpaired) electrons. The average molecular weight is 1170 g/mol. The Morgan fingerprint density at radius 3 is 2.40 bits per heavy atom. The SMILES string of the molecule is CCN1c2cc3c(cc2C(C)=CC1(C)C)C(c1ccccc1C(=O)N(C)CCCC(=O)NCC#Cc1cn([C@H]2CC[C@@H](COP(=O)(O)OP(=O)(O)OP(=O)(O)O)O2)c2nc(N)[nH]c(=O)c12)=c1cc2c(cc1O3)=[N+](CC)C(C)(C)C=C2C. The van der Waals surface area contributed by atoms with Gasteiger partial charge in [-0.05, 0) is 102 Å². The summed E-state index contributed by atoms with van der Waals surface area (Å²) in [7, 11) is -15.0. The molecule has 1 saturated heterocycles. The van der Waals surface area contributed by atoms with Crippen molar-refractivity contribution in [2.45, 2.75) is 104 Å². The van der Waals surface area contributed by atoms with E-state index in [1.807, 2.05) is 24.3 Å². The number of carbonyl (C=O) groups excluding carboxylic acids is 2. The Balaban J connectivity index is 0.898. The molecule has 23 nitrogen and oxygen atoms in total. The molecule has 4 aliphatic rings. The number of aromatic amines is 1. The van der Waals surface area contributed by atoms with Gasteiger partial charge in [0, 0.05) is 91.4 Å². The molecular formula is C55H66N8O15P3+. The highest BCUT2D eigenvalue weighted by Crippen LogP contribution is 2.66. The number of fused-ring (bicyclic) bond motifs is 5. The van der Waals surface area contributed by atoms with Crippen LogP contribution in [0, 0.1) is 11.8 Å². The molecule has 2 amide bonds. The van der Waals surface area contributed by atoms with Gasteiger partial charge in [0.15, 0.2) is 11.2 Å². The molecule has 6 heterocycles. The molecule has 81 heavy (non-hydrogen) atoms. The number of phosphoric acid groups is 3. The lowest BCUT2D eigenvalue weighted by molar-refractivity contribution is -0.121. The van der Waals surface area contributed by atoms with Crippen LogP contribution in [0.5, 0.6) is 11.5 Å². The first-order valence-corrected chi connectivity index (χ1v) is 30.8. The number of nitrogens with one attached hydrogen (secondary N) is 2. The highest BCUT2D eigenvalue weighted by molar-refractivity contribution is 7.66. The van der Waals surface area contributed by atoms with Crippen LogP contribution in [-0.4, -0.2) is 108 Å². The van der Waals surface area contributed by atoms with E-state index in [-0.39, 0.29) is 77.8 Å². The molecule has 8 N–H and O–H groups in total. The summed E-state index contributed by atoms with van der Waals surface area (Å²) in [5.74, 6) is 6.44. The third-order valence-corrected chi connectivity index (χ3v) is 18.6. The van der Waals surface area contributed by atoms with Gasteiger partial charge >= 0.3 is 23.5 Å². The summed E-state index contributed by atoms with van der Waals surface area (Å²) < 4.78 is 64.1. The molecule has 0 spiro atoms. The molecule has 2 aromatic heterocycles. The van der Waals surface area contributed by atoms with Gasteiger partial charge in [0.2, 0.25) is 17.2 Å². The number of aromatic nitrogens is 3. The molecule has 4 aliphatic heterocycles. The highest BCUT2D eigenvalue weighted by Gasteiger charge is 2.42. The number of amides is 2. The summed E-state index contributed by atoms with van der Waals surface area (Å²) in [5, 5.41) is 4.81. The minimum atomic E-state index is -5.72. The molecule has 9 rings (SSSR count). The number of anilines is 2. The first kappa shape index (κ1) is 59.1. The molecule has 3 aromatic carbocycles. The van der Waals surface area contributed by atoms with Crippen molar-refractivity contribution in [3.05, 3.63) is 121 Å². The molecule has 1 fully saturated rings. The molecular weight excluding hydrogens is 1110 g/mol. The van der Waals surface area contributed by atoms with Crippen LogP contribution in [0.25, 0.3) is 27.8 Å². The van der Waals surface area contributed by atoms with Gasteiger partial charge in [0.25, 0.3) is 11.5 Å². The molecule has 26 heteroatoms. The van der Waals surface area contributed by atoms with Gasteiger partial charge < -0.3 is 54.5 Å². The van der Waals surface area contributed by atoms with Crippen molar-refractivity contribution < 1.29 is 65.5 Å². The largest absolute Gasteiger partial charge is 0.490 e. The van der Waals surface area contributed by atoms with Crippen LogP contribution in [0.4, 0.5) is 11.6 Å². The number of hydrogen-bond acceptors (Lipinski definition) is 14. The zero-order valence-electron chi connectivity index (χ0n) is 46.3. The Hall–Kier alpha value is -6.50. The number of ether oxygens (including phenoxy) is 2. The minimum Gasteiger partial charge on any atom is -0.456 e. The van der Waals surface area contributed by atoms with E-state index in [0.717, 1.165) is 68.3 Å². The first-order chi connectivity index (χ1) is 38.0. The zero-order valence-corrected chi connectivity index (χ0v) is 49.0. The van der Waals surface area contributed by atoms with Crippen LogP contribution in [0.15, 0.2) is 71.7 Å².